The molecule has 1 N–H and O–H groups in total. The van der Waals surface area contributed by atoms with Gasteiger partial charge in [0.1, 0.15) is 5.82 Å². The number of carboxylic acid groups (broad SMARTS) is 1. The van der Waals surface area contributed by atoms with Crippen molar-refractivity contribution in [1.82, 2.24) is 9.55 Å². The first kappa shape index (κ1) is 18.0. The first-order valence-electron chi connectivity index (χ1n) is 9.50. The summed E-state index contributed by atoms with van der Waals surface area (Å²) in [5.74, 6) is 0.131. The van der Waals surface area contributed by atoms with E-state index in [1.807, 2.05) is 49.4 Å². The van der Waals surface area contributed by atoms with Gasteiger partial charge in [-0.1, -0.05) is 43.3 Å². The standard InChI is InChI=1S/C24H22N2O2/c1-3-8-23-25-21-11-6-7-12-22(21)26(23)17-13-14-18(16(2)15-17)19-9-4-5-10-20(19)24(27)28/h4-7,9-15H,3,8H2,1-2H3,(H,27,28). The molecule has 0 atom stereocenters. The average Bonchev–Trinajstić information content (AvgIpc) is 3.06. The van der Waals surface area contributed by atoms with E-state index >= 15 is 0 Å². The van der Waals surface area contributed by atoms with Gasteiger partial charge < -0.3 is 5.11 Å². The molecule has 4 aromatic rings. The van der Waals surface area contributed by atoms with E-state index in [0.717, 1.165) is 52.1 Å². The number of aryl methyl sites for hydroxylation is 2. The molecule has 0 fully saturated rings. The zero-order valence-corrected chi connectivity index (χ0v) is 16.0. The monoisotopic (exact) mass is 370 g/mol. The molecule has 1 aromatic heterocycles. The molecule has 0 aliphatic rings. The lowest BCUT2D eigenvalue weighted by Crippen LogP contribution is -2.03. The van der Waals surface area contributed by atoms with Gasteiger partial charge in [0.15, 0.2) is 0 Å². The Kier molecular flexibility index (Phi) is 4.70. The number of imidazole rings is 1. The van der Waals surface area contributed by atoms with E-state index in [-0.39, 0.29) is 0 Å². The van der Waals surface area contributed by atoms with Crippen LogP contribution < -0.4 is 0 Å². The predicted molar refractivity (Wildman–Crippen MR) is 112 cm³/mol. The van der Waals surface area contributed by atoms with E-state index in [2.05, 4.69) is 23.6 Å². The van der Waals surface area contributed by atoms with Crippen molar-refractivity contribution < 1.29 is 9.90 Å². The number of aromatic carboxylic acids is 1. The number of fused-ring (bicyclic) bond motifs is 1. The topological polar surface area (TPSA) is 55.1 Å². The first-order chi connectivity index (χ1) is 13.6. The highest BCUT2D eigenvalue weighted by atomic mass is 16.4. The molecule has 0 bridgehead atoms. The molecular formula is C24H22N2O2. The van der Waals surface area contributed by atoms with Gasteiger partial charge in [0.05, 0.1) is 16.6 Å². The third kappa shape index (κ3) is 3.07. The summed E-state index contributed by atoms with van der Waals surface area (Å²) in [6.07, 6.45) is 1.92. The SMILES string of the molecule is CCCc1nc2ccccc2n1-c1ccc(-c2ccccc2C(=O)O)c(C)c1. The van der Waals surface area contributed by atoms with Crippen LogP contribution in [0.4, 0.5) is 0 Å². The molecule has 0 amide bonds. The van der Waals surface area contributed by atoms with Crippen molar-refractivity contribution >= 4 is 17.0 Å². The van der Waals surface area contributed by atoms with Crippen molar-refractivity contribution in [3.8, 4) is 16.8 Å². The van der Waals surface area contributed by atoms with E-state index in [0.29, 0.717) is 5.56 Å². The summed E-state index contributed by atoms with van der Waals surface area (Å²) < 4.78 is 2.21. The Morgan fingerprint density at radius 1 is 1.00 bits per heavy atom. The summed E-state index contributed by atoms with van der Waals surface area (Å²) in [5, 5.41) is 9.52. The minimum absolute atomic E-state index is 0.318. The molecule has 4 heteroatoms. The molecule has 0 aliphatic heterocycles. The molecule has 0 unspecified atom stereocenters. The molecular weight excluding hydrogens is 348 g/mol. The Labute approximate surface area is 164 Å². The quantitative estimate of drug-likeness (QED) is 0.494. The lowest BCUT2D eigenvalue weighted by atomic mass is 9.95. The lowest BCUT2D eigenvalue weighted by Gasteiger charge is -2.14. The van der Waals surface area contributed by atoms with E-state index in [1.165, 1.54) is 0 Å². The number of para-hydroxylation sites is 2. The van der Waals surface area contributed by atoms with Gasteiger partial charge in [-0.2, -0.15) is 0 Å². The van der Waals surface area contributed by atoms with Crippen molar-refractivity contribution in [2.75, 3.05) is 0 Å². The molecule has 0 radical (unpaired) electrons. The molecule has 0 saturated heterocycles. The summed E-state index contributed by atoms with van der Waals surface area (Å²) in [7, 11) is 0. The first-order valence-corrected chi connectivity index (χ1v) is 9.50. The Balaban J connectivity index is 1.87. The number of hydrogen-bond donors (Lipinski definition) is 1. The Hall–Kier alpha value is -3.40. The Bertz CT molecular complexity index is 1170. The van der Waals surface area contributed by atoms with Crippen molar-refractivity contribution in [2.24, 2.45) is 0 Å². The third-order valence-electron chi connectivity index (χ3n) is 5.02. The van der Waals surface area contributed by atoms with Gasteiger partial charge in [-0.3, -0.25) is 4.57 Å². The highest BCUT2D eigenvalue weighted by molar-refractivity contribution is 5.96. The van der Waals surface area contributed by atoms with Crippen LogP contribution in [0.2, 0.25) is 0 Å². The summed E-state index contributed by atoms with van der Waals surface area (Å²) in [6.45, 7) is 4.18. The van der Waals surface area contributed by atoms with Crippen LogP contribution in [-0.2, 0) is 6.42 Å². The number of carbonyl (C=O) groups is 1. The second-order valence-corrected chi connectivity index (χ2v) is 6.95. The highest BCUT2D eigenvalue weighted by Gasteiger charge is 2.15. The number of carboxylic acids is 1. The number of hydrogen-bond acceptors (Lipinski definition) is 2. The smallest absolute Gasteiger partial charge is 0.336 e. The van der Waals surface area contributed by atoms with E-state index in [1.54, 1.807) is 12.1 Å². The number of benzene rings is 3. The number of rotatable bonds is 5. The minimum Gasteiger partial charge on any atom is -0.478 e. The Morgan fingerprint density at radius 2 is 1.75 bits per heavy atom. The zero-order chi connectivity index (χ0) is 19.7. The summed E-state index contributed by atoms with van der Waals surface area (Å²) >= 11 is 0. The molecule has 28 heavy (non-hydrogen) atoms. The molecule has 1 heterocycles. The van der Waals surface area contributed by atoms with Gasteiger partial charge >= 0.3 is 5.97 Å². The maximum Gasteiger partial charge on any atom is 0.336 e. The van der Waals surface area contributed by atoms with Crippen LogP contribution in [0, 0.1) is 6.92 Å². The van der Waals surface area contributed by atoms with Crippen LogP contribution in [0.25, 0.3) is 27.8 Å². The molecule has 0 saturated carbocycles. The summed E-state index contributed by atoms with van der Waals surface area (Å²) in [6, 6.07) is 21.5. The van der Waals surface area contributed by atoms with Gasteiger partial charge in [0.2, 0.25) is 0 Å². The molecule has 3 aromatic carbocycles. The largest absolute Gasteiger partial charge is 0.478 e. The van der Waals surface area contributed by atoms with Crippen molar-refractivity contribution in [3.63, 3.8) is 0 Å². The van der Waals surface area contributed by atoms with Crippen LogP contribution in [-0.4, -0.2) is 20.6 Å². The molecule has 4 rings (SSSR count). The van der Waals surface area contributed by atoms with E-state index < -0.39 is 5.97 Å². The lowest BCUT2D eigenvalue weighted by molar-refractivity contribution is 0.0697. The fraction of sp³-hybridized carbons (Fsp3) is 0.167. The maximum absolute atomic E-state index is 11.6. The summed E-state index contributed by atoms with van der Waals surface area (Å²) in [5.41, 5.74) is 6.15. The van der Waals surface area contributed by atoms with Gasteiger partial charge in [0, 0.05) is 12.1 Å². The van der Waals surface area contributed by atoms with Crippen molar-refractivity contribution in [1.29, 1.82) is 0 Å². The fourth-order valence-corrected chi connectivity index (χ4v) is 3.75. The third-order valence-corrected chi connectivity index (χ3v) is 5.02. The predicted octanol–water partition coefficient (Wildman–Crippen LogP) is 5.65. The van der Waals surface area contributed by atoms with Crippen LogP contribution in [0.5, 0.6) is 0 Å². The molecule has 4 nitrogen and oxygen atoms in total. The Morgan fingerprint density at radius 3 is 2.50 bits per heavy atom. The minimum atomic E-state index is -0.912. The zero-order valence-electron chi connectivity index (χ0n) is 16.0. The fourth-order valence-electron chi connectivity index (χ4n) is 3.75. The van der Waals surface area contributed by atoms with Gasteiger partial charge in [-0.05, 0) is 60.4 Å². The van der Waals surface area contributed by atoms with Gasteiger partial charge in [-0.15, -0.1) is 0 Å². The van der Waals surface area contributed by atoms with E-state index in [9.17, 15) is 9.90 Å². The van der Waals surface area contributed by atoms with Crippen molar-refractivity contribution in [3.05, 3.63) is 83.7 Å². The van der Waals surface area contributed by atoms with Crippen LogP contribution >= 0.6 is 0 Å². The maximum atomic E-state index is 11.6. The van der Waals surface area contributed by atoms with Crippen molar-refractivity contribution in [2.45, 2.75) is 26.7 Å². The number of aromatic nitrogens is 2. The molecule has 0 spiro atoms. The normalized spacial score (nSPS) is 11.1. The molecule has 0 aliphatic carbocycles. The number of nitrogens with zero attached hydrogens (tertiary/aromatic N) is 2. The highest BCUT2D eigenvalue weighted by Crippen LogP contribution is 2.30. The van der Waals surface area contributed by atoms with Crippen LogP contribution in [0.15, 0.2) is 66.7 Å². The van der Waals surface area contributed by atoms with Crippen LogP contribution in [0.1, 0.15) is 35.1 Å². The van der Waals surface area contributed by atoms with E-state index in [4.69, 9.17) is 4.98 Å². The van der Waals surface area contributed by atoms with Gasteiger partial charge in [-0.25, -0.2) is 9.78 Å². The molecule has 140 valence electrons. The van der Waals surface area contributed by atoms with Gasteiger partial charge in [0.25, 0.3) is 0 Å². The second-order valence-electron chi connectivity index (χ2n) is 6.95. The summed E-state index contributed by atoms with van der Waals surface area (Å²) in [4.78, 5) is 16.4. The van der Waals surface area contributed by atoms with Crippen LogP contribution in [0.3, 0.4) is 0 Å². The average molecular weight is 370 g/mol. The second kappa shape index (κ2) is 7.31.